The maximum atomic E-state index is 12.1. The molecule has 1 aromatic carbocycles. The molecule has 0 amide bonds. The molecule has 2 atom stereocenters. The first-order valence-electron chi connectivity index (χ1n) is 6.59. The van der Waals surface area contributed by atoms with Crippen molar-refractivity contribution < 1.29 is 21.1 Å². The van der Waals surface area contributed by atoms with Gasteiger partial charge in [-0.25, -0.2) is 0 Å². The summed E-state index contributed by atoms with van der Waals surface area (Å²) < 4.78 is 13.2. The molecule has 4 nitrogen and oxygen atoms in total. The Kier molecular flexibility index (Phi) is 2.59. The Balaban J connectivity index is 1.87. The van der Waals surface area contributed by atoms with Crippen molar-refractivity contribution in [2.45, 2.75) is 25.0 Å². The number of hydrogen-bond donors (Lipinski definition) is 2. The Morgan fingerprint density at radius 3 is 3.00 bits per heavy atom. The molecular formula is C15H14O4. The Bertz CT molecular complexity index is 631. The largest absolute Gasteiger partial charge is 0.508 e. The first kappa shape index (κ1) is 10.8. The van der Waals surface area contributed by atoms with Gasteiger partial charge in [0.2, 0.25) is 0 Å². The minimum absolute atomic E-state index is 0.0442. The molecule has 2 aliphatic rings. The smallest absolute Gasteiger partial charge is 0.170 e. The highest BCUT2D eigenvalue weighted by molar-refractivity contribution is 6.00. The number of carbonyl (C=O) groups excluding carboxylic acids is 1. The van der Waals surface area contributed by atoms with Crippen LogP contribution >= 0.6 is 0 Å². The lowest BCUT2D eigenvalue weighted by Gasteiger charge is -2.27. The minimum Gasteiger partial charge on any atom is -0.508 e. The van der Waals surface area contributed by atoms with E-state index in [1.54, 1.807) is 18.2 Å². The van der Waals surface area contributed by atoms with E-state index in [-0.39, 0.29) is 24.4 Å². The lowest BCUT2D eigenvalue weighted by molar-refractivity contribution is 0.0886. The molecule has 1 aliphatic heterocycles. The number of Topliss-reactive ketones (excluding diaryl/α,β-unsaturated/α-hetero) is 1. The highest BCUT2D eigenvalue weighted by atomic mass is 16.5. The van der Waals surface area contributed by atoms with Crippen LogP contribution in [0.5, 0.6) is 11.5 Å². The number of ether oxygens (including phenoxy) is 1. The maximum Gasteiger partial charge on any atom is 0.170 e. The van der Waals surface area contributed by atoms with Gasteiger partial charge in [-0.2, -0.15) is 0 Å². The molecule has 0 saturated carbocycles. The van der Waals surface area contributed by atoms with E-state index in [0.29, 0.717) is 11.3 Å². The summed E-state index contributed by atoms with van der Waals surface area (Å²) in [5, 5.41) is 19.0. The second-order valence-electron chi connectivity index (χ2n) is 4.65. The molecular weight excluding hydrogens is 244 g/mol. The summed E-state index contributed by atoms with van der Waals surface area (Å²) in [6.07, 6.45) is 3.06. The van der Waals surface area contributed by atoms with Crippen molar-refractivity contribution in [2.75, 3.05) is 0 Å². The molecule has 0 spiro atoms. The first-order valence-corrected chi connectivity index (χ1v) is 6.09. The van der Waals surface area contributed by atoms with Crippen molar-refractivity contribution in [3.63, 3.8) is 0 Å². The van der Waals surface area contributed by atoms with Crippen LogP contribution in [-0.2, 0) is 0 Å². The molecule has 3 rings (SSSR count). The van der Waals surface area contributed by atoms with Crippen LogP contribution in [0.3, 0.4) is 0 Å². The van der Waals surface area contributed by atoms with Crippen LogP contribution in [0.1, 0.15) is 24.6 Å². The normalized spacial score (nSPS) is 30.2. The van der Waals surface area contributed by atoms with Crippen molar-refractivity contribution in [3.8, 4) is 11.5 Å². The molecule has 1 aromatic rings. The number of phenolic OH excluding ortho intramolecular Hbond substituents is 1. The number of phenols is 1. The van der Waals surface area contributed by atoms with E-state index in [4.69, 9.17) is 6.11 Å². The summed E-state index contributed by atoms with van der Waals surface area (Å²) >= 11 is 0. The fourth-order valence-electron chi connectivity index (χ4n) is 2.29. The molecule has 0 saturated heterocycles. The Morgan fingerprint density at radius 2 is 2.26 bits per heavy atom. The molecule has 0 radical (unpaired) electrons. The molecule has 0 aromatic heterocycles. The van der Waals surface area contributed by atoms with Crippen molar-refractivity contribution in [1.82, 2.24) is 0 Å². The summed E-state index contributed by atoms with van der Waals surface area (Å²) in [6.45, 7) is 0. The summed E-state index contributed by atoms with van der Waals surface area (Å²) in [5.41, 5.74) is 1.24. The van der Waals surface area contributed by atoms with Gasteiger partial charge in [-0.05, 0) is 24.1 Å². The van der Waals surface area contributed by atoms with E-state index >= 15 is 0 Å². The third-order valence-corrected chi connectivity index (χ3v) is 3.29. The third-order valence-electron chi connectivity index (χ3n) is 3.29. The molecule has 1 heterocycles. The summed E-state index contributed by atoms with van der Waals surface area (Å²) in [5.74, 6) is 0.371. The monoisotopic (exact) mass is 259 g/mol. The van der Waals surface area contributed by atoms with Gasteiger partial charge in [0.05, 0.1) is 19.4 Å². The predicted octanol–water partition coefficient (Wildman–Crippen LogP) is 1.97. The number of ketones is 1. The fraction of sp³-hybridized carbons (Fsp3) is 0.267. The third kappa shape index (κ3) is 2.27. The zero-order valence-electron chi connectivity index (χ0n) is 11.2. The second kappa shape index (κ2) is 4.55. The van der Waals surface area contributed by atoms with Gasteiger partial charge in [-0.15, -0.1) is 0 Å². The molecule has 0 bridgehead atoms. The number of aromatic hydroxyl groups is 1. The molecule has 98 valence electrons. The average Bonchev–Trinajstić information content (AvgIpc) is 2.38. The second-order valence-corrected chi connectivity index (χ2v) is 4.65. The van der Waals surface area contributed by atoms with Crippen LogP contribution in [0, 0.1) is 0 Å². The van der Waals surface area contributed by atoms with Gasteiger partial charge in [-0.1, -0.05) is 18.2 Å². The lowest BCUT2D eigenvalue weighted by Crippen LogP contribution is -2.29. The van der Waals surface area contributed by atoms with E-state index in [0.717, 1.165) is 5.57 Å². The summed E-state index contributed by atoms with van der Waals surface area (Å²) in [7, 11) is 0. The molecule has 0 fully saturated rings. The average molecular weight is 259 g/mol. The van der Waals surface area contributed by atoms with E-state index in [2.05, 4.69) is 0 Å². The Hall–Kier alpha value is -2.07. The minimum atomic E-state index is -1.58. The lowest BCUT2D eigenvalue weighted by atomic mass is 9.93. The highest BCUT2D eigenvalue weighted by Crippen LogP contribution is 2.33. The first-order chi connectivity index (χ1) is 9.44. The van der Waals surface area contributed by atoms with Gasteiger partial charge in [0.25, 0.3) is 0 Å². The number of rotatable bonds is 1. The maximum absolute atomic E-state index is 12.1. The number of aliphatic hydroxyl groups is 1. The number of fused-ring (bicyclic) bond motifs is 1. The van der Waals surface area contributed by atoms with Gasteiger partial charge < -0.3 is 14.9 Å². The van der Waals surface area contributed by atoms with Crippen LogP contribution in [0.15, 0.2) is 42.0 Å². The molecule has 1 aliphatic carbocycles. The summed E-state index contributed by atoms with van der Waals surface area (Å²) in [4.78, 5) is 12.1. The van der Waals surface area contributed by atoms with Crippen LogP contribution in [0.2, 0.25) is 0 Å². The van der Waals surface area contributed by atoms with Gasteiger partial charge >= 0.3 is 0 Å². The molecule has 2 unspecified atom stereocenters. The quantitative estimate of drug-likeness (QED) is 0.809. The number of benzene rings is 1. The van der Waals surface area contributed by atoms with E-state index in [1.807, 2.05) is 0 Å². The van der Waals surface area contributed by atoms with Crippen LogP contribution in [0.25, 0.3) is 0 Å². The Morgan fingerprint density at radius 1 is 1.42 bits per heavy atom. The van der Waals surface area contributed by atoms with Crippen LogP contribution in [0.4, 0.5) is 0 Å². The highest BCUT2D eigenvalue weighted by Gasteiger charge is 2.29. The zero-order chi connectivity index (χ0) is 14.3. The zero-order valence-corrected chi connectivity index (χ0v) is 10.2. The fourth-order valence-corrected chi connectivity index (χ4v) is 2.29. The van der Waals surface area contributed by atoms with E-state index in [1.165, 1.54) is 18.2 Å². The molecule has 2 N–H and O–H groups in total. The van der Waals surface area contributed by atoms with E-state index < -0.39 is 12.2 Å². The van der Waals surface area contributed by atoms with Crippen molar-refractivity contribution in [3.05, 3.63) is 47.6 Å². The Labute approximate surface area is 112 Å². The SMILES string of the molecule is [2H]C1(O)C=CC(C2CC(=O)c3ccc(O)cc3O2)=CC1. The standard InChI is InChI=1S/C15H14O4/c16-10-3-1-9(2-4-10)14-8-13(18)12-6-5-11(17)7-15(12)19-14/h1-3,5-7,10,14,16-17H,4,8H2/i10D. The topological polar surface area (TPSA) is 66.8 Å². The molecule has 19 heavy (non-hydrogen) atoms. The molecule has 4 heteroatoms. The predicted molar refractivity (Wildman–Crippen MR) is 69.3 cm³/mol. The van der Waals surface area contributed by atoms with Gasteiger partial charge in [0, 0.05) is 6.07 Å². The number of carbonyl (C=O) groups is 1. The van der Waals surface area contributed by atoms with Crippen molar-refractivity contribution in [1.29, 1.82) is 0 Å². The van der Waals surface area contributed by atoms with Crippen molar-refractivity contribution >= 4 is 5.78 Å². The summed E-state index contributed by atoms with van der Waals surface area (Å²) in [6, 6.07) is 4.44. The van der Waals surface area contributed by atoms with Gasteiger partial charge in [-0.3, -0.25) is 4.79 Å². The van der Waals surface area contributed by atoms with Gasteiger partial charge in [0.15, 0.2) is 5.78 Å². The van der Waals surface area contributed by atoms with Crippen molar-refractivity contribution in [2.24, 2.45) is 0 Å². The van der Waals surface area contributed by atoms with Crippen LogP contribution in [-0.4, -0.2) is 28.2 Å². The number of hydrogen-bond acceptors (Lipinski definition) is 4. The van der Waals surface area contributed by atoms with E-state index in [9.17, 15) is 15.0 Å². The van der Waals surface area contributed by atoms with Gasteiger partial charge in [0.1, 0.15) is 17.6 Å². The van der Waals surface area contributed by atoms with Crippen LogP contribution < -0.4 is 4.74 Å².